The Kier molecular flexibility index (Phi) is 3.40. The van der Waals surface area contributed by atoms with Gasteiger partial charge in [-0.25, -0.2) is 4.98 Å². The second-order valence-corrected chi connectivity index (χ2v) is 4.12. The summed E-state index contributed by atoms with van der Waals surface area (Å²) in [6.45, 7) is 3.30. The normalized spacial score (nSPS) is 16.8. The van der Waals surface area contributed by atoms with Gasteiger partial charge in [-0.15, -0.1) is 0 Å². The minimum atomic E-state index is 0.0154. The second-order valence-electron chi connectivity index (χ2n) is 4.12. The summed E-state index contributed by atoms with van der Waals surface area (Å²) >= 11 is 0. The lowest BCUT2D eigenvalue weighted by molar-refractivity contribution is 0.0642. The van der Waals surface area contributed by atoms with E-state index in [1.807, 2.05) is 16.8 Å². The summed E-state index contributed by atoms with van der Waals surface area (Å²) in [7, 11) is 1.81. The summed E-state index contributed by atoms with van der Waals surface area (Å²) in [6, 6.07) is 2.13. The molecule has 0 unspecified atom stereocenters. The fourth-order valence-corrected chi connectivity index (χ4v) is 1.93. The monoisotopic (exact) mass is 233 g/mol. The molecule has 0 saturated carbocycles. The van der Waals surface area contributed by atoms with Crippen molar-refractivity contribution in [1.29, 1.82) is 5.26 Å². The van der Waals surface area contributed by atoms with Crippen LogP contribution < -0.4 is 0 Å². The molecule has 0 radical (unpaired) electrons. The Morgan fingerprint density at radius 2 is 2.18 bits per heavy atom. The molecular weight excluding hydrogens is 218 g/mol. The van der Waals surface area contributed by atoms with Gasteiger partial charge in [-0.3, -0.25) is 9.69 Å². The van der Waals surface area contributed by atoms with Crippen LogP contribution in [0.5, 0.6) is 0 Å². The van der Waals surface area contributed by atoms with Crippen molar-refractivity contribution in [3.63, 3.8) is 0 Å². The van der Waals surface area contributed by atoms with Gasteiger partial charge in [0.05, 0.1) is 25.1 Å². The summed E-state index contributed by atoms with van der Waals surface area (Å²) in [4.78, 5) is 19.9. The number of carbonyl (C=O) groups excluding carboxylic acids is 1. The van der Waals surface area contributed by atoms with Gasteiger partial charge in [0.2, 0.25) is 0 Å². The topological polar surface area (TPSA) is 65.2 Å². The lowest BCUT2D eigenvalue weighted by Gasteiger charge is -2.33. The van der Waals surface area contributed by atoms with E-state index in [2.05, 4.69) is 11.1 Å². The average Bonchev–Trinajstić information content (AvgIpc) is 2.76. The zero-order valence-electron chi connectivity index (χ0n) is 9.83. The average molecular weight is 233 g/mol. The molecule has 6 nitrogen and oxygen atoms in total. The fraction of sp³-hybridized carbons (Fsp3) is 0.545. The minimum Gasteiger partial charge on any atom is -0.335 e. The third-order valence-electron chi connectivity index (χ3n) is 2.99. The number of imidazole rings is 1. The van der Waals surface area contributed by atoms with E-state index in [9.17, 15) is 4.79 Å². The van der Waals surface area contributed by atoms with Crippen molar-refractivity contribution in [2.45, 2.75) is 0 Å². The first-order valence-corrected chi connectivity index (χ1v) is 5.57. The van der Waals surface area contributed by atoms with Gasteiger partial charge in [-0.1, -0.05) is 0 Å². The van der Waals surface area contributed by atoms with Crippen molar-refractivity contribution >= 4 is 5.91 Å². The van der Waals surface area contributed by atoms with Crippen molar-refractivity contribution in [2.75, 3.05) is 32.7 Å². The number of carbonyl (C=O) groups is 1. The predicted octanol–water partition coefficient (Wildman–Crippen LogP) is -0.299. The van der Waals surface area contributed by atoms with Crippen LogP contribution in [0.4, 0.5) is 0 Å². The van der Waals surface area contributed by atoms with Crippen LogP contribution in [0.25, 0.3) is 0 Å². The van der Waals surface area contributed by atoms with Crippen LogP contribution in [-0.4, -0.2) is 58.0 Å². The maximum absolute atomic E-state index is 12.1. The summed E-state index contributed by atoms with van der Waals surface area (Å²) in [5.74, 6) is 0.0154. The molecule has 0 aliphatic carbocycles. The summed E-state index contributed by atoms with van der Waals surface area (Å²) in [5, 5.41) is 8.60. The minimum absolute atomic E-state index is 0.0154. The maximum Gasteiger partial charge on any atom is 0.272 e. The molecule has 2 rings (SSSR count). The smallest absolute Gasteiger partial charge is 0.272 e. The van der Waals surface area contributed by atoms with Crippen LogP contribution in [0, 0.1) is 11.3 Å². The van der Waals surface area contributed by atoms with Crippen LogP contribution in [0.15, 0.2) is 12.5 Å². The number of aryl methyl sites for hydroxylation is 1. The van der Waals surface area contributed by atoms with Gasteiger partial charge < -0.3 is 9.47 Å². The predicted molar refractivity (Wildman–Crippen MR) is 61.2 cm³/mol. The van der Waals surface area contributed by atoms with Gasteiger partial charge in [-0.2, -0.15) is 5.26 Å². The highest BCUT2D eigenvalue weighted by molar-refractivity contribution is 5.92. The lowest BCUT2D eigenvalue weighted by atomic mass is 10.3. The Morgan fingerprint density at radius 1 is 1.47 bits per heavy atom. The van der Waals surface area contributed by atoms with Crippen LogP contribution in [0.2, 0.25) is 0 Å². The molecule has 17 heavy (non-hydrogen) atoms. The molecule has 1 aliphatic heterocycles. The van der Waals surface area contributed by atoms with Crippen LogP contribution in [0.1, 0.15) is 10.5 Å². The summed E-state index contributed by atoms with van der Waals surface area (Å²) in [6.07, 6.45) is 3.21. The van der Waals surface area contributed by atoms with E-state index >= 15 is 0 Å². The molecule has 1 aromatic rings. The Morgan fingerprint density at radius 3 is 2.71 bits per heavy atom. The highest BCUT2D eigenvalue weighted by atomic mass is 16.2. The van der Waals surface area contributed by atoms with E-state index < -0.39 is 0 Å². The van der Waals surface area contributed by atoms with E-state index in [-0.39, 0.29) is 5.91 Å². The number of hydrogen-bond donors (Lipinski definition) is 0. The first-order valence-electron chi connectivity index (χ1n) is 5.57. The van der Waals surface area contributed by atoms with E-state index in [1.165, 1.54) is 0 Å². The SMILES string of the molecule is Cn1cncc1C(=O)N1CCN(CC#N)CC1. The number of piperazine rings is 1. The number of amides is 1. The molecule has 90 valence electrons. The molecule has 6 heteroatoms. The van der Waals surface area contributed by atoms with E-state index in [4.69, 9.17) is 5.26 Å². The Hall–Kier alpha value is -1.87. The van der Waals surface area contributed by atoms with E-state index in [1.54, 1.807) is 17.1 Å². The first-order chi connectivity index (χ1) is 8.22. The molecule has 1 aliphatic rings. The first kappa shape index (κ1) is 11.6. The van der Waals surface area contributed by atoms with Crippen LogP contribution in [-0.2, 0) is 7.05 Å². The quantitative estimate of drug-likeness (QED) is 0.658. The molecule has 0 spiro atoms. The van der Waals surface area contributed by atoms with Crippen molar-refractivity contribution in [2.24, 2.45) is 7.05 Å². The van der Waals surface area contributed by atoms with Crippen molar-refractivity contribution < 1.29 is 4.79 Å². The molecule has 1 aromatic heterocycles. The molecule has 0 N–H and O–H groups in total. The van der Waals surface area contributed by atoms with Gasteiger partial charge >= 0.3 is 0 Å². The second kappa shape index (κ2) is 4.97. The number of rotatable bonds is 2. The molecule has 0 atom stereocenters. The molecule has 0 bridgehead atoms. The molecular formula is C11H15N5O. The zero-order valence-corrected chi connectivity index (χ0v) is 9.83. The van der Waals surface area contributed by atoms with Gasteiger partial charge in [-0.05, 0) is 0 Å². The van der Waals surface area contributed by atoms with Gasteiger partial charge in [0.15, 0.2) is 0 Å². The summed E-state index contributed by atoms with van der Waals surface area (Å²) < 4.78 is 1.73. The Balaban J connectivity index is 1.96. The van der Waals surface area contributed by atoms with E-state index in [0.717, 1.165) is 13.1 Å². The molecule has 2 heterocycles. The Labute approximate surface area is 100 Å². The molecule has 1 saturated heterocycles. The fourth-order valence-electron chi connectivity index (χ4n) is 1.93. The van der Waals surface area contributed by atoms with Gasteiger partial charge in [0, 0.05) is 33.2 Å². The third kappa shape index (κ3) is 2.45. The molecule has 1 fully saturated rings. The maximum atomic E-state index is 12.1. The number of hydrogen-bond acceptors (Lipinski definition) is 4. The highest BCUT2D eigenvalue weighted by Crippen LogP contribution is 2.07. The zero-order chi connectivity index (χ0) is 12.3. The third-order valence-corrected chi connectivity index (χ3v) is 2.99. The van der Waals surface area contributed by atoms with Crippen LogP contribution in [0.3, 0.4) is 0 Å². The van der Waals surface area contributed by atoms with Crippen molar-refractivity contribution in [3.05, 3.63) is 18.2 Å². The van der Waals surface area contributed by atoms with Gasteiger partial charge in [0.1, 0.15) is 5.69 Å². The standard InChI is InChI=1S/C11H15N5O/c1-14-9-13-8-10(14)11(17)16-6-4-15(3-2-12)5-7-16/h8-9H,3-7H2,1H3. The van der Waals surface area contributed by atoms with Crippen molar-refractivity contribution in [1.82, 2.24) is 19.4 Å². The largest absolute Gasteiger partial charge is 0.335 e. The lowest BCUT2D eigenvalue weighted by Crippen LogP contribution is -2.49. The number of nitriles is 1. The molecule has 1 amide bonds. The number of nitrogens with zero attached hydrogens (tertiary/aromatic N) is 5. The van der Waals surface area contributed by atoms with E-state index in [0.29, 0.717) is 25.3 Å². The van der Waals surface area contributed by atoms with Crippen molar-refractivity contribution in [3.8, 4) is 6.07 Å². The number of aromatic nitrogens is 2. The van der Waals surface area contributed by atoms with Crippen LogP contribution >= 0.6 is 0 Å². The molecule has 0 aromatic carbocycles. The Bertz CT molecular complexity index is 439. The van der Waals surface area contributed by atoms with Gasteiger partial charge in [0.25, 0.3) is 5.91 Å². The summed E-state index contributed by atoms with van der Waals surface area (Å²) in [5.41, 5.74) is 0.610. The highest BCUT2D eigenvalue weighted by Gasteiger charge is 2.23.